The van der Waals surface area contributed by atoms with Crippen molar-refractivity contribution in [1.29, 1.82) is 0 Å². The van der Waals surface area contributed by atoms with Crippen molar-refractivity contribution in [2.45, 2.75) is 25.3 Å². The fourth-order valence-corrected chi connectivity index (χ4v) is 4.37. The van der Waals surface area contributed by atoms with E-state index in [-0.39, 0.29) is 42.6 Å². The molecule has 2 aromatic rings. The van der Waals surface area contributed by atoms with Crippen molar-refractivity contribution in [3.8, 4) is 23.0 Å². The molecule has 0 saturated carbocycles. The predicted octanol–water partition coefficient (Wildman–Crippen LogP) is 0.312. The van der Waals surface area contributed by atoms with Crippen molar-refractivity contribution >= 4 is 5.78 Å². The van der Waals surface area contributed by atoms with E-state index in [9.17, 15) is 4.79 Å². The Labute approximate surface area is 194 Å². The summed E-state index contributed by atoms with van der Waals surface area (Å²) in [5, 5.41) is 0. The Kier molecular flexibility index (Phi) is 6.81. The molecule has 1 atom stereocenters. The third-order valence-corrected chi connectivity index (χ3v) is 6.06. The van der Waals surface area contributed by atoms with Gasteiger partial charge in [0.05, 0.1) is 46.8 Å². The van der Waals surface area contributed by atoms with Gasteiger partial charge in [0, 0.05) is 12.8 Å². The van der Waals surface area contributed by atoms with Gasteiger partial charge in [0.25, 0.3) is 0 Å². The van der Waals surface area contributed by atoms with Crippen LogP contribution in [-0.2, 0) is 17.6 Å². The number of quaternary nitrogens is 1. The molecule has 0 N–H and O–H groups in total. The van der Waals surface area contributed by atoms with Gasteiger partial charge in [-0.25, -0.2) is 0 Å². The Morgan fingerprint density at radius 2 is 1.87 bits per heavy atom. The molecule has 2 heterocycles. The molecule has 6 nitrogen and oxygen atoms in total. The number of methoxy groups -OCH3 is 2. The second kappa shape index (κ2) is 9.01. The molecule has 0 radical (unpaired) electrons. The van der Waals surface area contributed by atoms with Crippen LogP contribution in [0.4, 0.5) is 0 Å². The molecule has 2 aromatic carbocycles. The summed E-state index contributed by atoms with van der Waals surface area (Å²) in [6, 6.07) is 9.74. The molecule has 0 saturated heterocycles. The molecule has 1 unspecified atom stereocenters. The number of fused-ring (bicyclic) bond motifs is 2. The van der Waals surface area contributed by atoms with Crippen molar-refractivity contribution in [3.63, 3.8) is 0 Å². The van der Waals surface area contributed by atoms with Crippen LogP contribution in [-0.4, -0.2) is 51.9 Å². The number of nitrogens with zero attached hydrogens (tertiary/aromatic N) is 1. The number of hydrogen-bond donors (Lipinski definition) is 0. The van der Waals surface area contributed by atoms with Crippen molar-refractivity contribution in [3.05, 3.63) is 47.0 Å². The lowest BCUT2D eigenvalue weighted by Crippen LogP contribution is -3.00. The maximum atomic E-state index is 13.0. The van der Waals surface area contributed by atoms with Crippen LogP contribution in [0.2, 0.25) is 0 Å². The van der Waals surface area contributed by atoms with E-state index in [0.717, 1.165) is 40.1 Å². The first kappa shape index (κ1) is 22.7. The Bertz CT molecular complexity index is 926. The first-order valence-electron chi connectivity index (χ1n) is 9.89. The minimum absolute atomic E-state index is 0. The van der Waals surface area contributed by atoms with Crippen LogP contribution in [0.25, 0.3) is 0 Å². The quantitative estimate of drug-likeness (QED) is 0.402. The topological polar surface area (TPSA) is 54.0 Å². The van der Waals surface area contributed by atoms with Gasteiger partial charge in [-0.1, -0.05) is 12.1 Å². The minimum atomic E-state index is 0. The summed E-state index contributed by atoms with van der Waals surface area (Å²) in [6.07, 6.45) is 1.77. The summed E-state index contributed by atoms with van der Waals surface area (Å²) in [7, 11) is 7.65. The van der Waals surface area contributed by atoms with Crippen LogP contribution in [0.1, 0.15) is 29.2 Å². The molecule has 4 rings (SSSR count). The molecular formula is C23H28INO5. The molecule has 162 valence electrons. The smallest absolute Gasteiger partial charge is 0.231 e. The highest BCUT2D eigenvalue weighted by Crippen LogP contribution is 2.51. The normalized spacial score (nSPS) is 18.2. The standard InChI is InChI=1S/C23H28NO5.HI/c1-24(2)10-9-16-12-20-22(29-14-28-20)23(27-4)21(16)19(24)13-17(25)11-15-5-7-18(26-3)8-6-15;/h5-8,12,19H,9-11,13-14H2,1-4H3;1H/q+1;/p-1. The molecule has 30 heavy (non-hydrogen) atoms. The zero-order valence-corrected chi connectivity index (χ0v) is 20.0. The third-order valence-electron chi connectivity index (χ3n) is 6.06. The highest BCUT2D eigenvalue weighted by molar-refractivity contribution is 5.82. The van der Waals surface area contributed by atoms with Crippen LogP contribution in [0.3, 0.4) is 0 Å². The third kappa shape index (κ3) is 4.23. The van der Waals surface area contributed by atoms with Crippen molar-refractivity contribution in [1.82, 2.24) is 0 Å². The van der Waals surface area contributed by atoms with Gasteiger partial charge in [0.1, 0.15) is 17.6 Å². The molecule has 0 fully saturated rings. The Hall–Kier alpha value is -2.00. The van der Waals surface area contributed by atoms with Gasteiger partial charge < -0.3 is 47.4 Å². The average Bonchev–Trinajstić information content (AvgIpc) is 3.17. The number of hydrogen-bond acceptors (Lipinski definition) is 5. The number of likely N-dealkylation sites (N-methyl/N-ethyl adjacent to an activating group) is 1. The maximum Gasteiger partial charge on any atom is 0.231 e. The Balaban J connectivity index is 0.00000256. The second-order valence-corrected chi connectivity index (χ2v) is 8.25. The molecule has 2 aliphatic heterocycles. The van der Waals surface area contributed by atoms with Gasteiger partial charge in [-0.15, -0.1) is 0 Å². The second-order valence-electron chi connectivity index (χ2n) is 8.25. The number of carbonyl (C=O) groups excluding carboxylic acids is 1. The van der Waals surface area contributed by atoms with E-state index >= 15 is 0 Å². The van der Waals surface area contributed by atoms with Gasteiger partial charge >= 0.3 is 0 Å². The van der Waals surface area contributed by atoms with E-state index < -0.39 is 0 Å². The van der Waals surface area contributed by atoms with Gasteiger partial charge in [0.15, 0.2) is 11.5 Å². The number of rotatable bonds is 6. The lowest BCUT2D eigenvalue weighted by molar-refractivity contribution is -0.922. The van der Waals surface area contributed by atoms with Crippen LogP contribution < -0.4 is 42.9 Å². The zero-order chi connectivity index (χ0) is 20.6. The summed E-state index contributed by atoms with van der Waals surface area (Å²) in [5.41, 5.74) is 3.26. The van der Waals surface area contributed by atoms with Crippen molar-refractivity contribution in [2.24, 2.45) is 0 Å². The lowest BCUT2D eigenvalue weighted by Gasteiger charge is -2.43. The van der Waals surface area contributed by atoms with E-state index in [2.05, 4.69) is 20.2 Å². The molecule has 0 aliphatic carbocycles. The first-order chi connectivity index (χ1) is 13.9. The number of carbonyl (C=O) groups is 1. The number of benzene rings is 2. The van der Waals surface area contributed by atoms with Crippen LogP contribution in [0, 0.1) is 0 Å². The average molecular weight is 525 g/mol. The highest BCUT2D eigenvalue weighted by atomic mass is 127. The molecular weight excluding hydrogens is 497 g/mol. The summed E-state index contributed by atoms with van der Waals surface area (Å²) in [6.45, 7) is 1.16. The van der Waals surface area contributed by atoms with E-state index in [1.54, 1.807) is 14.2 Å². The van der Waals surface area contributed by atoms with Crippen LogP contribution in [0.5, 0.6) is 23.0 Å². The molecule has 7 heteroatoms. The van der Waals surface area contributed by atoms with Crippen molar-refractivity contribution in [2.75, 3.05) is 41.7 Å². The first-order valence-corrected chi connectivity index (χ1v) is 9.89. The Morgan fingerprint density at radius 3 is 2.53 bits per heavy atom. The SMILES string of the molecule is COc1ccc(CC(=O)CC2c3c(cc4c(c3OC)OCO4)CC[N+]2(C)C)cc1.[I-]. The lowest BCUT2D eigenvalue weighted by atomic mass is 9.86. The molecule has 0 aromatic heterocycles. The molecule has 0 amide bonds. The monoisotopic (exact) mass is 525 g/mol. The van der Waals surface area contributed by atoms with E-state index in [0.29, 0.717) is 24.3 Å². The van der Waals surface area contributed by atoms with E-state index in [1.165, 1.54) is 5.56 Å². The van der Waals surface area contributed by atoms with Crippen molar-refractivity contribution < 1.29 is 52.2 Å². The fraction of sp³-hybridized carbons (Fsp3) is 0.435. The summed E-state index contributed by atoms with van der Waals surface area (Å²) >= 11 is 0. The molecule has 0 bridgehead atoms. The zero-order valence-electron chi connectivity index (χ0n) is 17.9. The molecule has 2 aliphatic rings. The van der Waals surface area contributed by atoms with Gasteiger partial charge in [-0.05, 0) is 29.3 Å². The largest absolute Gasteiger partial charge is 1.00 e. The van der Waals surface area contributed by atoms with Crippen LogP contribution >= 0.6 is 0 Å². The highest BCUT2D eigenvalue weighted by Gasteiger charge is 2.42. The van der Waals surface area contributed by atoms with Gasteiger partial charge in [-0.3, -0.25) is 4.79 Å². The molecule has 0 spiro atoms. The summed E-state index contributed by atoms with van der Waals surface area (Å²) in [5.74, 6) is 3.10. The fourth-order valence-electron chi connectivity index (χ4n) is 4.37. The number of ether oxygens (including phenoxy) is 4. The number of halogens is 1. The number of Topliss-reactive ketones (excluding diaryl/α,β-unsaturated/α-hetero) is 1. The summed E-state index contributed by atoms with van der Waals surface area (Å²) in [4.78, 5) is 13.0. The van der Waals surface area contributed by atoms with Crippen LogP contribution in [0.15, 0.2) is 30.3 Å². The van der Waals surface area contributed by atoms with Gasteiger partial charge in [0.2, 0.25) is 12.5 Å². The Morgan fingerprint density at radius 1 is 1.13 bits per heavy atom. The predicted molar refractivity (Wildman–Crippen MR) is 109 cm³/mol. The van der Waals surface area contributed by atoms with Gasteiger partial charge in [-0.2, -0.15) is 0 Å². The van der Waals surface area contributed by atoms with E-state index in [1.807, 2.05) is 24.3 Å². The minimum Gasteiger partial charge on any atom is -1.00 e. The number of ketones is 1. The maximum absolute atomic E-state index is 13.0. The van der Waals surface area contributed by atoms with E-state index in [4.69, 9.17) is 18.9 Å². The summed E-state index contributed by atoms with van der Waals surface area (Å²) < 4.78 is 23.0.